The lowest BCUT2D eigenvalue weighted by atomic mass is 10.0. The number of hydrogen-bond donors (Lipinski definition) is 1. The predicted octanol–water partition coefficient (Wildman–Crippen LogP) is 4.19. The molecule has 26 heavy (non-hydrogen) atoms. The largest absolute Gasteiger partial charge is 0.402 e. The van der Waals surface area contributed by atoms with E-state index in [0.29, 0.717) is 18.9 Å². The van der Waals surface area contributed by atoms with E-state index < -0.39 is 10.1 Å². The van der Waals surface area contributed by atoms with Crippen LogP contribution >= 0.6 is 11.3 Å². The maximum atomic E-state index is 11.0. The molecule has 2 aromatic carbocycles. The van der Waals surface area contributed by atoms with E-state index in [4.69, 9.17) is 8.97 Å². The normalized spacial score (nSPS) is 12.2. The minimum absolute atomic E-state index is 0.263. The van der Waals surface area contributed by atoms with Crippen LogP contribution in [0, 0.1) is 6.92 Å². The zero-order valence-corrected chi connectivity index (χ0v) is 15.8. The second kappa shape index (κ2) is 6.50. The van der Waals surface area contributed by atoms with Gasteiger partial charge in [0.15, 0.2) is 6.54 Å². The van der Waals surface area contributed by atoms with Gasteiger partial charge in [0.25, 0.3) is 15.6 Å². The van der Waals surface area contributed by atoms with Crippen molar-refractivity contribution in [3.63, 3.8) is 0 Å². The fourth-order valence-corrected chi connectivity index (χ4v) is 4.71. The highest BCUT2D eigenvalue weighted by Crippen LogP contribution is 2.34. The Hall–Kier alpha value is -2.22. The highest BCUT2D eigenvalue weighted by atomic mass is 32.2. The SMILES string of the molecule is Cc1oc2ccc(-c3csc4ccccc34)cc2[n+]1CCCS(=O)(=O)O. The monoisotopic (exact) mass is 388 g/mol. The maximum absolute atomic E-state index is 11.0. The fourth-order valence-electron chi connectivity index (χ4n) is 3.25. The number of fused-ring (bicyclic) bond motifs is 2. The summed E-state index contributed by atoms with van der Waals surface area (Å²) in [6.45, 7) is 2.32. The molecule has 2 aromatic heterocycles. The number of hydrogen-bond acceptors (Lipinski definition) is 4. The summed E-state index contributed by atoms with van der Waals surface area (Å²) in [5, 5.41) is 3.37. The van der Waals surface area contributed by atoms with E-state index in [-0.39, 0.29) is 5.75 Å². The van der Waals surface area contributed by atoms with Crippen LogP contribution in [0.25, 0.3) is 32.3 Å². The summed E-state index contributed by atoms with van der Waals surface area (Å²) < 4.78 is 39.9. The van der Waals surface area contributed by atoms with E-state index in [1.165, 1.54) is 15.6 Å². The Morgan fingerprint density at radius 3 is 2.81 bits per heavy atom. The van der Waals surface area contributed by atoms with Crippen molar-refractivity contribution >= 4 is 42.6 Å². The molecule has 2 heterocycles. The molecule has 0 saturated carbocycles. The summed E-state index contributed by atoms with van der Waals surface area (Å²) >= 11 is 1.72. The van der Waals surface area contributed by atoms with Gasteiger partial charge in [-0.2, -0.15) is 13.0 Å². The van der Waals surface area contributed by atoms with Crippen molar-refractivity contribution in [1.29, 1.82) is 0 Å². The number of oxazole rings is 1. The Bertz CT molecular complexity index is 1200. The minimum atomic E-state index is -3.95. The van der Waals surface area contributed by atoms with Crippen LogP contribution in [0.3, 0.4) is 0 Å². The predicted molar refractivity (Wildman–Crippen MR) is 103 cm³/mol. The lowest BCUT2D eigenvalue weighted by Crippen LogP contribution is -2.36. The van der Waals surface area contributed by atoms with Gasteiger partial charge < -0.3 is 4.42 Å². The third kappa shape index (κ3) is 3.25. The second-order valence-corrected chi connectivity index (χ2v) is 8.72. The van der Waals surface area contributed by atoms with Gasteiger partial charge in [0.2, 0.25) is 5.58 Å². The molecule has 7 heteroatoms. The first-order valence-corrected chi connectivity index (χ1v) is 10.8. The van der Waals surface area contributed by atoms with Crippen LogP contribution in [0.5, 0.6) is 0 Å². The van der Waals surface area contributed by atoms with E-state index >= 15 is 0 Å². The van der Waals surface area contributed by atoms with Crippen molar-refractivity contribution in [3.05, 3.63) is 53.7 Å². The molecule has 0 spiro atoms. The van der Waals surface area contributed by atoms with Gasteiger partial charge in [0.05, 0.1) is 12.7 Å². The Labute approximate surface area is 155 Å². The Kier molecular flexibility index (Phi) is 4.30. The summed E-state index contributed by atoms with van der Waals surface area (Å²) in [5.74, 6) is 0.448. The number of aromatic nitrogens is 1. The molecule has 1 N–H and O–H groups in total. The van der Waals surface area contributed by atoms with Crippen molar-refractivity contribution in [3.8, 4) is 11.1 Å². The smallest absolute Gasteiger partial charge is 0.344 e. The summed E-state index contributed by atoms with van der Waals surface area (Å²) in [6.07, 6.45) is 0.324. The van der Waals surface area contributed by atoms with E-state index in [9.17, 15) is 8.42 Å². The number of thiophene rings is 1. The van der Waals surface area contributed by atoms with Gasteiger partial charge >= 0.3 is 5.89 Å². The van der Waals surface area contributed by atoms with Gasteiger partial charge in [0.1, 0.15) is 0 Å². The number of rotatable bonds is 5. The minimum Gasteiger partial charge on any atom is -0.402 e. The molecular weight excluding hydrogens is 370 g/mol. The molecule has 134 valence electrons. The number of aryl methyl sites for hydroxylation is 2. The van der Waals surface area contributed by atoms with Gasteiger partial charge in [-0.05, 0) is 23.1 Å². The first-order chi connectivity index (χ1) is 12.4. The Morgan fingerprint density at radius 1 is 1.19 bits per heavy atom. The average molecular weight is 388 g/mol. The van der Waals surface area contributed by atoms with Crippen LogP contribution in [-0.2, 0) is 16.7 Å². The van der Waals surface area contributed by atoms with E-state index in [1.807, 2.05) is 35.8 Å². The van der Waals surface area contributed by atoms with Gasteiger partial charge in [0, 0.05) is 28.1 Å². The van der Waals surface area contributed by atoms with Crippen LogP contribution < -0.4 is 4.57 Å². The molecule has 0 radical (unpaired) electrons. The van der Waals surface area contributed by atoms with Gasteiger partial charge in [-0.3, -0.25) is 4.55 Å². The number of benzene rings is 2. The van der Waals surface area contributed by atoms with Crippen molar-refractivity contribution in [2.75, 3.05) is 5.75 Å². The zero-order valence-electron chi connectivity index (χ0n) is 14.2. The highest BCUT2D eigenvalue weighted by molar-refractivity contribution is 7.85. The first kappa shape index (κ1) is 17.2. The van der Waals surface area contributed by atoms with E-state index in [2.05, 4.69) is 23.6 Å². The molecule has 0 bridgehead atoms. The maximum Gasteiger partial charge on any atom is 0.344 e. The number of nitrogens with zero attached hydrogens (tertiary/aromatic N) is 1. The highest BCUT2D eigenvalue weighted by Gasteiger charge is 2.21. The molecule has 0 aliphatic rings. The van der Waals surface area contributed by atoms with Crippen molar-refractivity contribution in [2.45, 2.75) is 19.9 Å². The molecule has 4 aromatic rings. The zero-order chi connectivity index (χ0) is 18.3. The second-order valence-electron chi connectivity index (χ2n) is 6.24. The lowest BCUT2D eigenvalue weighted by Gasteiger charge is -2.00. The van der Waals surface area contributed by atoms with Crippen molar-refractivity contribution < 1.29 is 22.0 Å². The molecule has 0 saturated heterocycles. The lowest BCUT2D eigenvalue weighted by molar-refractivity contribution is -0.682. The molecule has 0 unspecified atom stereocenters. The van der Waals surface area contributed by atoms with Crippen LogP contribution in [0.1, 0.15) is 12.3 Å². The van der Waals surface area contributed by atoms with Crippen molar-refractivity contribution in [2.24, 2.45) is 0 Å². The average Bonchev–Trinajstić information content (AvgIpc) is 3.15. The first-order valence-electron chi connectivity index (χ1n) is 8.27. The molecule has 0 aliphatic carbocycles. The Morgan fingerprint density at radius 2 is 2.00 bits per heavy atom. The van der Waals surface area contributed by atoms with Crippen LogP contribution in [0.4, 0.5) is 0 Å². The van der Waals surface area contributed by atoms with Gasteiger partial charge in [-0.15, -0.1) is 11.3 Å². The van der Waals surface area contributed by atoms with Gasteiger partial charge in [-0.1, -0.05) is 24.3 Å². The Balaban J connectivity index is 1.75. The quantitative estimate of drug-likeness (QED) is 0.411. The van der Waals surface area contributed by atoms with Crippen molar-refractivity contribution in [1.82, 2.24) is 0 Å². The molecular formula is C19H18NO4S2+. The molecule has 5 nitrogen and oxygen atoms in total. The van der Waals surface area contributed by atoms with Crippen LogP contribution in [-0.4, -0.2) is 18.7 Å². The summed E-state index contributed by atoms with van der Waals surface area (Å²) in [4.78, 5) is 0. The third-order valence-electron chi connectivity index (χ3n) is 4.46. The van der Waals surface area contributed by atoms with Gasteiger partial charge in [-0.25, -0.2) is 0 Å². The molecule has 0 atom stereocenters. The molecule has 0 fully saturated rings. The molecule has 0 aliphatic heterocycles. The van der Waals surface area contributed by atoms with E-state index in [1.54, 1.807) is 11.3 Å². The van der Waals surface area contributed by atoms with Crippen LogP contribution in [0.15, 0.2) is 52.3 Å². The van der Waals surface area contributed by atoms with Crippen LogP contribution in [0.2, 0.25) is 0 Å². The standard InChI is InChI=1S/C19H17NO4S2/c1-13-20(9-4-10-26(21,22)23)17-11-14(7-8-18(17)24-13)16-12-25-19-6-3-2-5-15(16)19/h2-3,5-8,11-12H,4,9-10H2,1H3/p+1. The molecule has 0 amide bonds. The summed E-state index contributed by atoms with van der Waals surface area (Å²) in [5.41, 5.74) is 3.96. The topological polar surface area (TPSA) is 71.4 Å². The molecule has 4 rings (SSSR count). The fraction of sp³-hybridized carbons (Fsp3) is 0.211. The third-order valence-corrected chi connectivity index (χ3v) is 6.23. The summed E-state index contributed by atoms with van der Waals surface area (Å²) in [7, 11) is -3.95. The summed E-state index contributed by atoms with van der Waals surface area (Å²) in [6, 6.07) is 14.4. The van der Waals surface area contributed by atoms with E-state index in [0.717, 1.165) is 16.7 Å².